The maximum Gasteiger partial charge on any atom is 0.133 e. The Morgan fingerprint density at radius 1 is 1.32 bits per heavy atom. The number of hydrogen-bond acceptors (Lipinski definition) is 3. The normalized spacial score (nSPS) is 19.3. The van der Waals surface area contributed by atoms with Crippen LogP contribution in [0.4, 0.5) is 11.5 Å². The van der Waals surface area contributed by atoms with Crippen LogP contribution in [-0.4, -0.2) is 16.1 Å². The number of aliphatic hydroxyl groups is 1. The summed E-state index contributed by atoms with van der Waals surface area (Å²) >= 11 is 0. The summed E-state index contributed by atoms with van der Waals surface area (Å²) in [7, 11) is 0. The Labute approximate surface area is 113 Å². The van der Waals surface area contributed by atoms with E-state index in [1.807, 2.05) is 12.1 Å². The van der Waals surface area contributed by atoms with Gasteiger partial charge in [0.1, 0.15) is 5.82 Å². The van der Waals surface area contributed by atoms with Gasteiger partial charge in [-0.2, -0.15) is 0 Å². The lowest BCUT2D eigenvalue weighted by Gasteiger charge is -2.24. The first-order valence-corrected chi connectivity index (χ1v) is 6.68. The van der Waals surface area contributed by atoms with Gasteiger partial charge in [-0.15, -0.1) is 0 Å². The third-order valence-corrected chi connectivity index (χ3v) is 3.71. The Morgan fingerprint density at radius 2 is 2.11 bits per heavy atom. The molecule has 0 bridgehead atoms. The molecular formula is C16H18N2O. The first-order chi connectivity index (χ1) is 9.16. The highest BCUT2D eigenvalue weighted by Crippen LogP contribution is 2.37. The monoisotopic (exact) mass is 254 g/mol. The predicted molar refractivity (Wildman–Crippen MR) is 76.6 cm³/mol. The van der Waals surface area contributed by atoms with Crippen LogP contribution in [0.15, 0.2) is 42.6 Å². The molecule has 2 atom stereocenters. The first kappa shape index (κ1) is 12.2. The molecular weight excluding hydrogens is 236 g/mol. The van der Waals surface area contributed by atoms with E-state index in [2.05, 4.69) is 41.1 Å². The number of rotatable bonds is 2. The Bertz CT molecular complexity index is 595. The lowest BCUT2D eigenvalue weighted by atomic mass is 10.1. The van der Waals surface area contributed by atoms with E-state index in [0.717, 1.165) is 17.8 Å². The average molecular weight is 254 g/mol. The van der Waals surface area contributed by atoms with Crippen molar-refractivity contribution < 1.29 is 5.11 Å². The first-order valence-electron chi connectivity index (χ1n) is 6.68. The molecule has 1 aromatic heterocycles. The van der Waals surface area contributed by atoms with Crippen molar-refractivity contribution in [1.29, 1.82) is 0 Å². The van der Waals surface area contributed by atoms with E-state index in [-0.39, 0.29) is 0 Å². The number of fused-ring (bicyclic) bond motifs is 1. The van der Waals surface area contributed by atoms with Crippen molar-refractivity contribution in [2.24, 2.45) is 0 Å². The van der Waals surface area contributed by atoms with E-state index < -0.39 is 6.10 Å². The molecule has 1 N–H and O–H groups in total. The SMILES string of the molecule is CC(O)c1ccnc(N2c3ccccc3CC2C)c1. The van der Waals surface area contributed by atoms with Gasteiger partial charge in [0, 0.05) is 17.9 Å². The van der Waals surface area contributed by atoms with Gasteiger partial charge in [-0.25, -0.2) is 4.98 Å². The number of benzene rings is 1. The largest absolute Gasteiger partial charge is 0.389 e. The molecule has 1 aliphatic heterocycles. The Morgan fingerprint density at radius 3 is 2.89 bits per heavy atom. The van der Waals surface area contributed by atoms with Gasteiger partial charge in [-0.05, 0) is 49.6 Å². The van der Waals surface area contributed by atoms with Crippen LogP contribution in [0.3, 0.4) is 0 Å². The maximum atomic E-state index is 9.71. The maximum absolute atomic E-state index is 9.71. The highest BCUT2D eigenvalue weighted by Gasteiger charge is 2.27. The van der Waals surface area contributed by atoms with Crippen molar-refractivity contribution in [2.45, 2.75) is 32.4 Å². The lowest BCUT2D eigenvalue weighted by molar-refractivity contribution is 0.199. The van der Waals surface area contributed by atoms with Crippen molar-refractivity contribution >= 4 is 11.5 Å². The molecule has 3 rings (SSSR count). The zero-order valence-corrected chi connectivity index (χ0v) is 11.2. The number of hydrogen-bond donors (Lipinski definition) is 1. The van der Waals surface area contributed by atoms with E-state index in [4.69, 9.17) is 0 Å². The molecule has 1 aliphatic rings. The fourth-order valence-corrected chi connectivity index (χ4v) is 2.74. The van der Waals surface area contributed by atoms with Gasteiger partial charge in [0.25, 0.3) is 0 Å². The minimum Gasteiger partial charge on any atom is -0.389 e. The molecule has 2 heterocycles. The van der Waals surface area contributed by atoms with Gasteiger partial charge in [-0.1, -0.05) is 18.2 Å². The summed E-state index contributed by atoms with van der Waals surface area (Å²) in [5, 5.41) is 9.71. The van der Waals surface area contributed by atoms with Crippen LogP contribution < -0.4 is 4.90 Å². The van der Waals surface area contributed by atoms with Crippen LogP contribution in [0, 0.1) is 0 Å². The Hall–Kier alpha value is -1.87. The minimum atomic E-state index is -0.463. The van der Waals surface area contributed by atoms with Crippen molar-refractivity contribution in [3.63, 3.8) is 0 Å². The molecule has 19 heavy (non-hydrogen) atoms. The van der Waals surface area contributed by atoms with Crippen LogP contribution in [0.25, 0.3) is 0 Å². The summed E-state index contributed by atoms with van der Waals surface area (Å²) in [6, 6.07) is 12.7. The van der Waals surface area contributed by atoms with Gasteiger partial charge >= 0.3 is 0 Å². The summed E-state index contributed by atoms with van der Waals surface area (Å²) < 4.78 is 0. The van der Waals surface area contributed by atoms with E-state index >= 15 is 0 Å². The van der Waals surface area contributed by atoms with Crippen LogP contribution in [-0.2, 0) is 6.42 Å². The molecule has 0 saturated heterocycles. The van der Waals surface area contributed by atoms with E-state index in [1.54, 1.807) is 13.1 Å². The van der Waals surface area contributed by atoms with Crippen LogP contribution in [0.1, 0.15) is 31.1 Å². The summed E-state index contributed by atoms with van der Waals surface area (Å²) in [6.45, 7) is 3.98. The quantitative estimate of drug-likeness (QED) is 0.894. The van der Waals surface area contributed by atoms with Crippen LogP contribution in [0.5, 0.6) is 0 Å². The molecule has 0 radical (unpaired) electrons. The number of anilines is 2. The fourth-order valence-electron chi connectivity index (χ4n) is 2.74. The smallest absolute Gasteiger partial charge is 0.133 e. The van der Waals surface area contributed by atoms with Crippen LogP contribution in [0.2, 0.25) is 0 Å². The van der Waals surface area contributed by atoms with Crippen molar-refractivity contribution in [3.8, 4) is 0 Å². The highest BCUT2D eigenvalue weighted by atomic mass is 16.3. The molecule has 2 unspecified atom stereocenters. The Balaban J connectivity index is 2.05. The number of aromatic nitrogens is 1. The topological polar surface area (TPSA) is 36.4 Å². The van der Waals surface area contributed by atoms with Gasteiger partial charge in [0.05, 0.1) is 6.10 Å². The van der Waals surface area contributed by atoms with E-state index in [9.17, 15) is 5.11 Å². The summed E-state index contributed by atoms with van der Waals surface area (Å²) in [5.74, 6) is 0.913. The average Bonchev–Trinajstić information content (AvgIpc) is 2.74. The third-order valence-electron chi connectivity index (χ3n) is 3.71. The summed E-state index contributed by atoms with van der Waals surface area (Å²) in [5.41, 5.74) is 3.49. The summed E-state index contributed by atoms with van der Waals surface area (Å²) in [6.07, 6.45) is 2.34. The molecule has 0 aliphatic carbocycles. The van der Waals surface area contributed by atoms with Gasteiger partial charge in [-0.3, -0.25) is 0 Å². The molecule has 1 aromatic carbocycles. The second-order valence-electron chi connectivity index (χ2n) is 5.18. The summed E-state index contributed by atoms with van der Waals surface area (Å²) in [4.78, 5) is 6.72. The standard InChI is InChI=1S/C16H18N2O/c1-11-9-14-5-3-4-6-15(14)18(11)16-10-13(12(2)19)7-8-17-16/h3-8,10-12,19H,9H2,1-2H3. The molecule has 0 spiro atoms. The zero-order chi connectivity index (χ0) is 13.4. The number of nitrogens with zero attached hydrogens (tertiary/aromatic N) is 2. The molecule has 98 valence electrons. The van der Waals surface area contributed by atoms with Gasteiger partial charge in [0.2, 0.25) is 0 Å². The lowest BCUT2D eigenvalue weighted by Crippen LogP contribution is -2.24. The van der Waals surface area contributed by atoms with Crippen molar-refractivity contribution in [1.82, 2.24) is 4.98 Å². The van der Waals surface area contributed by atoms with Gasteiger partial charge < -0.3 is 10.0 Å². The molecule has 2 aromatic rings. The molecule has 3 nitrogen and oxygen atoms in total. The number of para-hydroxylation sites is 1. The number of pyridine rings is 1. The molecule has 3 heteroatoms. The van der Waals surface area contributed by atoms with E-state index in [1.165, 1.54) is 11.3 Å². The minimum absolute atomic E-state index is 0.397. The fraction of sp³-hybridized carbons (Fsp3) is 0.312. The molecule has 0 fully saturated rings. The zero-order valence-electron chi connectivity index (χ0n) is 11.2. The number of aliphatic hydroxyl groups excluding tert-OH is 1. The van der Waals surface area contributed by atoms with Crippen molar-refractivity contribution in [2.75, 3.05) is 4.90 Å². The molecule has 0 amide bonds. The van der Waals surface area contributed by atoms with Gasteiger partial charge in [0.15, 0.2) is 0 Å². The van der Waals surface area contributed by atoms with Crippen molar-refractivity contribution in [3.05, 3.63) is 53.7 Å². The third kappa shape index (κ3) is 2.10. The second kappa shape index (κ2) is 4.67. The highest BCUT2D eigenvalue weighted by molar-refractivity contribution is 5.69. The Kier molecular flexibility index (Phi) is 2.99. The van der Waals surface area contributed by atoms with Crippen LogP contribution >= 0.6 is 0 Å². The van der Waals surface area contributed by atoms with E-state index in [0.29, 0.717) is 6.04 Å². The second-order valence-corrected chi connectivity index (χ2v) is 5.18. The molecule has 0 saturated carbocycles. The predicted octanol–water partition coefficient (Wildman–Crippen LogP) is 3.22.